The predicted octanol–water partition coefficient (Wildman–Crippen LogP) is 3.99. The van der Waals surface area contributed by atoms with Crippen LogP contribution in [0.25, 0.3) is 11.1 Å². The zero-order valence-electron chi connectivity index (χ0n) is 11.5. The van der Waals surface area contributed by atoms with Crippen LogP contribution in [0.15, 0.2) is 54.6 Å². The maximum absolute atomic E-state index is 3.52. The van der Waals surface area contributed by atoms with E-state index >= 15 is 0 Å². The number of nitrogens with one attached hydrogen (secondary N) is 1. The molecule has 0 radical (unpaired) electrons. The van der Waals surface area contributed by atoms with Gasteiger partial charge >= 0.3 is 0 Å². The Labute approximate surface area is 115 Å². The van der Waals surface area contributed by atoms with E-state index in [1.165, 1.54) is 29.5 Å². The predicted molar refractivity (Wildman–Crippen MR) is 81.3 cm³/mol. The van der Waals surface area contributed by atoms with Crippen LogP contribution in [0.3, 0.4) is 0 Å². The Hall–Kier alpha value is -1.60. The van der Waals surface area contributed by atoms with E-state index in [-0.39, 0.29) is 0 Å². The fourth-order valence-electron chi connectivity index (χ4n) is 3.00. The van der Waals surface area contributed by atoms with Gasteiger partial charge in [0.25, 0.3) is 0 Å². The molecule has 19 heavy (non-hydrogen) atoms. The van der Waals surface area contributed by atoms with Crippen molar-refractivity contribution in [1.82, 2.24) is 5.32 Å². The third-order valence-electron chi connectivity index (χ3n) is 4.29. The molecule has 1 aliphatic rings. The van der Waals surface area contributed by atoms with E-state index in [1.54, 1.807) is 0 Å². The van der Waals surface area contributed by atoms with Gasteiger partial charge in [0, 0.05) is 12.0 Å². The van der Waals surface area contributed by atoms with Crippen molar-refractivity contribution in [3.05, 3.63) is 60.2 Å². The minimum Gasteiger partial charge on any atom is -0.316 e. The van der Waals surface area contributed by atoms with Gasteiger partial charge in [-0.25, -0.2) is 0 Å². The average Bonchev–Trinajstić information content (AvgIpc) is 2.49. The SMILES string of the molecule is CC1(c2ccc(-c3ccccc3)cc2)CCCNC1. The van der Waals surface area contributed by atoms with Crippen molar-refractivity contribution >= 4 is 0 Å². The highest BCUT2D eigenvalue weighted by Gasteiger charge is 2.28. The van der Waals surface area contributed by atoms with E-state index in [0.717, 1.165) is 13.1 Å². The molecule has 0 aromatic heterocycles. The molecule has 2 aromatic rings. The van der Waals surface area contributed by atoms with Gasteiger partial charge < -0.3 is 5.32 Å². The third-order valence-corrected chi connectivity index (χ3v) is 4.29. The van der Waals surface area contributed by atoms with E-state index < -0.39 is 0 Å². The van der Waals surface area contributed by atoms with E-state index in [2.05, 4.69) is 66.8 Å². The summed E-state index contributed by atoms with van der Waals surface area (Å²) in [6, 6.07) is 19.7. The summed E-state index contributed by atoms with van der Waals surface area (Å²) in [7, 11) is 0. The molecule has 1 N–H and O–H groups in total. The van der Waals surface area contributed by atoms with Crippen molar-refractivity contribution in [3.8, 4) is 11.1 Å². The maximum Gasteiger partial charge on any atom is 0.00500 e. The summed E-state index contributed by atoms with van der Waals surface area (Å²) in [6.07, 6.45) is 2.56. The molecule has 1 nitrogen and oxygen atoms in total. The molecule has 0 bridgehead atoms. The lowest BCUT2D eigenvalue weighted by Crippen LogP contribution is -2.41. The third kappa shape index (κ3) is 2.57. The van der Waals surface area contributed by atoms with Gasteiger partial charge in [0.2, 0.25) is 0 Å². The molecular weight excluding hydrogens is 230 g/mol. The molecule has 1 fully saturated rings. The molecule has 1 atom stereocenters. The van der Waals surface area contributed by atoms with E-state index in [9.17, 15) is 0 Å². The summed E-state index contributed by atoms with van der Waals surface area (Å²) < 4.78 is 0. The normalized spacial score (nSPS) is 23.2. The molecule has 1 unspecified atom stereocenters. The van der Waals surface area contributed by atoms with E-state index in [1.807, 2.05) is 0 Å². The van der Waals surface area contributed by atoms with Crippen LogP contribution in [0.5, 0.6) is 0 Å². The van der Waals surface area contributed by atoms with Crippen LogP contribution in [-0.4, -0.2) is 13.1 Å². The Morgan fingerprint density at radius 1 is 0.895 bits per heavy atom. The molecule has 0 amide bonds. The van der Waals surface area contributed by atoms with Crippen LogP contribution >= 0.6 is 0 Å². The van der Waals surface area contributed by atoms with E-state index in [4.69, 9.17) is 0 Å². The maximum atomic E-state index is 3.52. The van der Waals surface area contributed by atoms with Gasteiger partial charge in [0.05, 0.1) is 0 Å². The lowest BCUT2D eigenvalue weighted by molar-refractivity contribution is 0.339. The zero-order valence-corrected chi connectivity index (χ0v) is 11.5. The van der Waals surface area contributed by atoms with Crippen molar-refractivity contribution in [1.29, 1.82) is 0 Å². The van der Waals surface area contributed by atoms with Gasteiger partial charge in [-0.3, -0.25) is 0 Å². The van der Waals surface area contributed by atoms with Crippen LogP contribution in [0.4, 0.5) is 0 Å². The minimum atomic E-state index is 0.299. The van der Waals surface area contributed by atoms with Gasteiger partial charge in [0.15, 0.2) is 0 Å². The van der Waals surface area contributed by atoms with Crippen LogP contribution < -0.4 is 5.32 Å². The lowest BCUT2D eigenvalue weighted by Gasteiger charge is -2.34. The van der Waals surface area contributed by atoms with Gasteiger partial charge in [-0.15, -0.1) is 0 Å². The van der Waals surface area contributed by atoms with Gasteiger partial charge in [-0.1, -0.05) is 61.5 Å². The number of rotatable bonds is 2. The highest BCUT2D eigenvalue weighted by Crippen LogP contribution is 2.32. The molecule has 1 heteroatoms. The molecule has 0 saturated carbocycles. The Morgan fingerprint density at radius 3 is 2.21 bits per heavy atom. The van der Waals surface area contributed by atoms with Crippen molar-refractivity contribution in [2.75, 3.05) is 13.1 Å². The second kappa shape index (κ2) is 5.18. The summed E-state index contributed by atoms with van der Waals surface area (Å²) >= 11 is 0. The van der Waals surface area contributed by atoms with Gasteiger partial charge in [0.1, 0.15) is 0 Å². The molecule has 2 aromatic carbocycles. The summed E-state index contributed by atoms with van der Waals surface area (Å²) in [4.78, 5) is 0. The Kier molecular flexibility index (Phi) is 3.39. The van der Waals surface area contributed by atoms with Gasteiger partial charge in [-0.2, -0.15) is 0 Å². The first-order chi connectivity index (χ1) is 9.28. The number of hydrogen-bond donors (Lipinski definition) is 1. The summed E-state index contributed by atoms with van der Waals surface area (Å²) in [5, 5.41) is 3.52. The van der Waals surface area contributed by atoms with E-state index in [0.29, 0.717) is 5.41 Å². The molecule has 1 aliphatic heterocycles. The topological polar surface area (TPSA) is 12.0 Å². The Balaban J connectivity index is 1.87. The first kappa shape index (κ1) is 12.4. The van der Waals surface area contributed by atoms with Crippen LogP contribution in [0.1, 0.15) is 25.3 Å². The van der Waals surface area contributed by atoms with Crippen LogP contribution in [0, 0.1) is 0 Å². The standard InChI is InChI=1S/C18H21N/c1-18(12-5-13-19-14-18)17-10-8-16(9-11-17)15-6-3-2-4-7-15/h2-4,6-11,19H,5,12-14H2,1H3. The molecule has 1 heterocycles. The van der Waals surface area contributed by atoms with Crippen LogP contribution in [-0.2, 0) is 5.41 Å². The summed E-state index contributed by atoms with van der Waals surface area (Å²) in [5.74, 6) is 0. The smallest absolute Gasteiger partial charge is 0.00500 e. The van der Waals surface area contributed by atoms with Crippen molar-refractivity contribution in [3.63, 3.8) is 0 Å². The number of benzene rings is 2. The van der Waals surface area contributed by atoms with Gasteiger partial charge in [-0.05, 0) is 36.1 Å². The Bertz CT molecular complexity index is 521. The van der Waals surface area contributed by atoms with Crippen molar-refractivity contribution in [2.24, 2.45) is 0 Å². The molecule has 0 aliphatic carbocycles. The number of piperidine rings is 1. The molecule has 98 valence electrons. The highest BCUT2D eigenvalue weighted by molar-refractivity contribution is 5.63. The molecule has 1 saturated heterocycles. The largest absolute Gasteiger partial charge is 0.316 e. The van der Waals surface area contributed by atoms with Crippen molar-refractivity contribution in [2.45, 2.75) is 25.2 Å². The first-order valence-electron chi connectivity index (χ1n) is 7.15. The Morgan fingerprint density at radius 2 is 1.58 bits per heavy atom. The first-order valence-corrected chi connectivity index (χ1v) is 7.15. The minimum absolute atomic E-state index is 0.299. The molecule has 0 spiro atoms. The lowest BCUT2D eigenvalue weighted by atomic mass is 9.76. The second-order valence-electron chi connectivity index (χ2n) is 5.78. The average molecular weight is 251 g/mol. The van der Waals surface area contributed by atoms with Crippen LogP contribution in [0.2, 0.25) is 0 Å². The van der Waals surface area contributed by atoms with Crippen molar-refractivity contribution < 1.29 is 0 Å². The number of hydrogen-bond acceptors (Lipinski definition) is 1. The second-order valence-corrected chi connectivity index (χ2v) is 5.78. The summed E-state index contributed by atoms with van der Waals surface area (Å²) in [5.41, 5.74) is 4.35. The zero-order chi connectivity index (χ0) is 13.1. The molecule has 3 rings (SSSR count). The summed E-state index contributed by atoms with van der Waals surface area (Å²) in [6.45, 7) is 4.63. The highest BCUT2D eigenvalue weighted by atomic mass is 14.9. The fraction of sp³-hybridized carbons (Fsp3) is 0.333. The molecular formula is C18H21N. The monoisotopic (exact) mass is 251 g/mol. The fourth-order valence-corrected chi connectivity index (χ4v) is 3.00. The quantitative estimate of drug-likeness (QED) is 0.851.